The molecule has 0 heterocycles. The van der Waals surface area contributed by atoms with Crippen LogP contribution in [0.2, 0.25) is 0 Å². The molecule has 0 aliphatic rings. The van der Waals surface area contributed by atoms with Gasteiger partial charge in [-0.3, -0.25) is 0 Å². The molecule has 0 radical (unpaired) electrons. The van der Waals surface area contributed by atoms with Crippen molar-refractivity contribution < 1.29 is 26.7 Å². The van der Waals surface area contributed by atoms with Gasteiger partial charge in [0.2, 0.25) is 10.0 Å². The zero-order valence-corrected chi connectivity index (χ0v) is 14.9. The molecule has 4 nitrogen and oxygen atoms in total. The Balaban J connectivity index is 2.10. The van der Waals surface area contributed by atoms with Crippen LogP contribution in [0, 0.1) is 12.8 Å². The van der Waals surface area contributed by atoms with Crippen LogP contribution in [0.15, 0.2) is 53.4 Å². The van der Waals surface area contributed by atoms with Gasteiger partial charge in [-0.25, -0.2) is 13.1 Å². The first-order valence-corrected chi connectivity index (χ1v) is 9.44. The number of nitrogens with one attached hydrogen (secondary N) is 1. The maximum absolute atomic E-state index is 13.1. The second-order valence-corrected chi connectivity index (χ2v) is 7.84. The van der Waals surface area contributed by atoms with E-state index in [9.17, 15) is 26.7 Å². The van der Waals surface area contributed by atoms with Crippen LogP contribution in [0.4, 0.5) is 13.2 Å². The van der Waals surface area contributed by atoms with Crippen molar-refractivity contribution in [3.8, 4) is 0 Å². The van der Waals surface area contributed by atoms with Gasteiger partial charge >= 0.3 is 6.18 Å². The number of benzene rings is 2. The summed E-state index contributed by atoms with van der Waals surface area (Å²) in [7, 11) is -3.80. The lowest BCUT2D eigenvalue weighted by Crippen LogP contribution is -2.32. The average molecular weight is 387 g/mol. The second kappa shape index (κ2) is 8.20. The summed E-state index contributed by atoms with van der Waals surface area (Å²) in [6.45, 7) is 1.21. The van der Waals surface area contributed by atoms with Crippen molar-refractivity contribution >= 4 is 10.0 Å². The number of hydrogen-bond donors (Lipinski definition) is 2. The van der Waals surface area contributed by atoms with E-state index < -0.39 is 34.3 Å². The standard InChI is InChI=1S/C18H20F3NO3S/c1-13-6-8-16(9-7-13)26(24,25)22-11-14(12-23)10-15-4-2-3-5-17(15)18(19,20)21/h2-9,14,22-23H,10-12H2,1H3/t14-/m0/s1. The summed E-state index contributed by atoms with van der Waals surface area (Å²) in [6, 6.07) is 11.3. The molecule has 0 spiro atoms. The molecule has 0 aromatic heterocycles. The van der Waals surface area contributed by atoms with Crippen LogP contribution in [0.3, 0.4) is 0 Å². The van der Waals surface area contributed by atoms with Crippen LogP contribution in [0.25, 0.3) is 0 Å². The Bertz CT molecular complexity index is 834. The third-order valence-corrected chi connectivity index (χ3v) is 5.42. The zero-order valence-electron chi connectivity index (χ0n) is 14.1. The number of aryl methyl sites for hydroxylation is 1. The van der Waals surface area contributed by atoms with Crippen LogP contribution in [-0.2, 0) is 22.6 Å². The van der Waals surface area contributed by atoms with Gasteiger partial charge in [0, 0.05) is 13.2 Å². The van der Waals surface area contributed by atoms with E-state index >= 15 is 0 Å². The lowest BCUT2D eigenvalue weighted by atomic mass is 9.96. The molecule has 0 amide bonds. The molecule has 26 heavy (non-hydrogen) atoms. The minimum atomic E-state index is -4.50. The SMILES string of the molecule is Cc1ccc(S(=O)(=O)NC[C@@H](CO)Cc2ccccc2C(F)(F)F)cc1. The predicted octanol–water partition coefficient (Wildman–Crippen LogP) is 3.14. The van der Waals surface area contributed by atoms with Gasteiger partial charge in [-0.05, 0) is 43.0 Å². The third kappa shape index (κ3) is 5.30. The van der Waals surface area contributed by atoms with Crippen molar-refractivity contribution in [2.75, 3.05) is 13.2 Å². The van der Waals surface area contributed by atoms with Gasteiger partial charge in [0.15, 0.2) is 0 Å². The molecule has 0 aliphatic heterocycles. The first-order chi connectivity index (χ1) is 12.1. The van der Waals surface area contributed by atoms with Gasteiger partial charge in [-0.15, -0.1) is 0 Å². The van der Waals surface area contributed by atoms with Gasteiger partial charge in [0.05, 0.1) is 10.5 Å². The third-order valence-electron chi connectivity index (χ3n) is 3.98. The van der Waals surface area contributed by atoms with Gasteiger partial charge in [0.25, 0.3) is 0 Å². The van der Waals surface area contributed by atoms with Crippen molar-refractivity contribution in [2.45, 2.75) is 24.4 Å². The maximum atomic E-state index is 13.1. The van der Waals surface area contributed by atoms with Gasteiger partial charge in [-0.1, -0.05) is 35.9 Å². The molecule has 0 saturated carbocycles. The summed E-state index contributed by atoms with van der Waals surface area (Å²) in [4.78, 5) is 0.0653. The summed E-state index contributed by atoms with van der Waals surface area (Å²) in [5.41, 5.74) is 0.148. The highest BCUT2D eigenvalue weighted by Crippen LogP contribution is 2.32. The molecular formula is C18H20F3NO3S. The highest BCUT2D eigenvalue weighted by Gasteiger charge is 2.33. The average Bonchev–Trinajstić information content (AvgIpc) is 2.58. The number of sulfonamides is 1. The Morgan fingerprint density at radius 3 is 2.27 bits per heavy atom. The van der Waals surface area contributed by atoms with Crippen molar-refractivity contribution in [3.05, 3.63) is 65.2 Å². The lowest BCUT2D eigenvalue weighted by molar-refractivity contribution is -0.138. The first kappa shape index (κ1) is 20.4. The summed E-state index contributed by atoms with van der Waals surface area (Å²) >= 11 is 0. The molecule has 1 atom stereocenters. The maximum Gasteiger partial charge on any atom is 0.416 e. The lowest BCUT2D eigenvalue weighted by Gasteiger charge is -2.18. The largest absolute Gasteiger partial charge is 0.416 e. The molecule has 0 aliphatic carbocycles. The van der Waals surface area contributed by atoms with E-state index in [4.69, 9.17) is 0 Å². The van der Waals surface area contributed by atoms with E-state index in [1.54, 1.807) is 12.1 Å². The van der Waals surface area contributed by atoms with Gasteiger partial charge in [0.1, 0.15) is 0 Å². The molecule has 2 rings (SSSR count). The van der Waals surface area contributed by atoms with Crippen molar-refractivity contribution in [2.24, 2.45) is 5.92 Å². The van der Waals surface area contributed by atoms with E-state index in [1.807, 2.05) is 6.92 Å². The number of aliphatic hydroxyl groups is 1. The van der Waals surface area contributed by atoms with E-state index in [0.29, 0.717) is 0 Å². The Hall–Kier alpha value is -1.90. The van der Waals surface area contributed by atoms with Crippen LogP contribution in [-0.4, -0.2) is 26.7 Å². The zero-order chi connectivity index (χ0) is 19.4. The predicted molar refractivity (Wildman–Crippen MR) is 92.1 cm³/mol. The smallest absolute Gasteiger partial charge is 0.396 e. The Morgan fingerprint density at radius 2 is 1.69 bits per heavy atom. The quantitative estimate of drug-likeness (QED) is 0.767. The number of rotatable bonds is 7. The second-order valence-electron chi connectivity index (χ2n) is 6.07. The number of hydrogen-bond acceptors (Lipinski definition) is 3. The molecule has 2 aromatic carbocycles. The van der Waals surface area contributed by atoms with E-state index in [0.717, 1.165) is 11.6 Å². The fourth-order valence-electron chi connectivity index (χ4n) is 2.52. The molecule has 2 aromatic rings. The van der Waals surface area contributed by atoms with Crippen molar-refractivity contribution in [1.29, 1.82) is 0 Å². The minimum absolute atomic E-state index is 0.0218. The number of halogens is 3. The van der Waals surface area contributed by atoms with Crippen LogP contribution in [0.1, 0.15) is 16.7 Å². The minimum Gasteiger partial charge on any atom is -0.396 e. The van der Waals surface area contributed by atoms with E-state index in [-0.39, 0.29) is 23.4 Å². The highest BCUT2D eigenvalue weighted by atomic mass is 32.2. The van der Waals surface area contributed by atoms with E-state index in [1.165, 1.54) is 30.3 Å². The molecule has 0 fully saturated rings. The fourth-order valence-corrected chi connectivity index (χ4v) is 3.63. The number of alkyl halides is 3. The molecule has 142 valence electrons. The van der Waals surface area contributed by atoms with Crippen LogP contribution < -0.4 is 4.72 Å². The Morgan fingerprint density at radius 1 is 1.08 bits per heavy atom. The fraction of sp³-hybridized carbons (Fsp3) is 0.333. The van der Waals surface area contributed by atoms with Crippen LogP contribution in [0.5, 0.6) is 0 Å². The van der Waals surface area contributed by atoms with Gasteiger partial charge < -0.3 is 5.11 Å². The molecule has 0 unspecified atom stereocenters. The van der Waals surface area contributed by atoms with E-state index in [2.05, 4.69) is 4.72 Å². The molecule has 8 heteroatoms. The molecular weight excluding hydrogens is 367 g/mol. The highest BCUT2D eigenvalue weighted by molar-refractivity contribution is 7.89. The topological polar surface area (TPSA) is 66.4 Å². The molecule has 0 bridgehead atoms. The van der Waals surface area contributed by atoms with Crippen molar-refractivity contribution in [1.82, 2.24) is 4.72 Å². The summed E-state index contributed by atoms with van der Waals surface area (Å²) < 4.78 is 66.1. The molecule has 2 N–H and O–H groups in total. The van der Waals surface area contributed by atoms with Gasteiger partial charge in [-0.2, -0.15) is 13.2 Å². The van der Waals surface area contributed by atoms with Crippen LogP contribution >= 0.6 is 0 Å². The monoisotopic (exact) mass is 387 g/mol. The summed E-state index contributed by atoms with van der Waals surface area (Å²) in [6.07, 6.45) is -4.60. The first-order valence-electron chi connectivity index (χ1n) is 7.96. The normalized spacial score (nSPS) is 13.6. The Kier molecular flexibility index (Phi) is 6.44. The summed E-state index contributed by atoms with van der Waals surface area (Å²) in [5.74, 6) is -0.682. The Labute approximate surface area is 150 Å². The van der Waals surface area contributed by atoms with Crippen molar-refractivity contribution in [3.63, 3.8) is 0 Å². The molecule has 0 saturated heterocycles. The number of aliphatic hydroxyl groups excluding tert-OH is 1. The summed E-state index contributed by atoms with van der Waals surface area (Å²) in [5, 5.41) is 9.47.